The minimum atomic E-state index is 0.281. The van der Waals surface area contributed by atoms with E-state index in [2.05, 4.69) is 75.0 Å². The fourth-order valence-corrected chi connectivity index (χ4v) is 2.82. The summed E-state index contributed by atoms with van der Waals surface area (Å²) < 4.78 is 7.41. The van der Waals surface area contributed by atoms with Gasteiger partial charge in [-0.25, -0.2) is 0 Å². The summed E-state index contributed by atoms with van der Waals surface area (Å²) in [5, 5.41) is 3.50. The third kappa shape index (κ3) is 3.59. The first kappa shape index (κ1) is 14.1. The van der Waals surface area contributed by atoms with Gasteiger partial charge in [0.2, 0.25) is 0 Å². The molecular formula is C14H15BrINO. The summed E-state index contributed by atoms with van der Waals surface area (Å²) in [6.45, 7) is 3.06. The van der Waals surface area contributed by atoms with E-state index in [0.717, 1.165) is 17.6 Å². The predicted molar refractivity (Wildman–Crippen MR) is 85.7 cm³/mol. The Kier molecular flexibility index (Phi) is 5.26. The van der Waals surface area contributed by atoms with E-state index in [-0.39, 0.29) is 6.04 Å². The Balaban J connectivity index is 2.16. The van der Waals surface area contributed by atoms with Gasteiger partial charge in [-0.3, -0.25) is 0 Å². The smallest absolute Gasteiger partial charge is 0.173 e. The van der Waals surface area contributed by atoms with Crippen LogP contribution in [0.4, 0.5) is 0 Å². The van der Waals surface area contributed by atoms with E-state index in [1.54, 1.807) is 6.26 Å². The summed E-state index contributed by atoms with van der Waals surface area (Å²) in [5.74, 6) is 0. The van der Waals surface area contributed by atoms with E-state index < -0.39 is 0 Å². The van der Waals surface area contributed by atoms with Gasteiger partial charge < -0.3 is 9.73 Å². The Morgan fingerprint density at radius 2 is 2.00 bits per heavy atom. The molecule has 0 fully saturated rings. The van der Waals surface area contributed by atoms with Crippen molar-refractivity contribution in [3.8, 4) is 0 Å². The van der Waals surface area contributed by atoms with Crippen molar-refractivity contribution in [3.05, 3.63) is 56.0 Å². The molecule has 18 heavy (non-hydrogen) atoms. The average molecular weight is 420 g/mol. The molecule has 2 nitrogen and oxygen atoms in total. The molecule has 0 radical (unpaired) electrons. The molecule has 1 heterocycles. The highest BCUT2D eigenvalue weighted by molar-refractivity contribution is 14.1. The number of furan rings is 1. The normalized spacial score (nSPS) is 12.6. The highest BCUT2D eigenvalue weighted by Gasteiger charge is 2.16. The van der Waals surface area contributed by atoms with Crippen LogP contribution in [0.5, 0.6) is 0 Å². The predicted octanol–water partition coefficient (Wildman–Crippen LogP) is 4.54. The Labute approximate surface area is 129 Å². The lowest BCUT2D eigenvalue weighted by Crippen LogP contribution is -2.22. The zero-order chi connectivity index (χ0) is 13.0. The van der Waals surface area contributed by atoms with Gasteiger partial charge in [-0.2, -0.15) is 0 Å². The Bertz CT molecular complexity index is 495. The van der Waals surface area contributed by atoms with Crippen molar-refractivity contribution in [2.24, 2.45) is 0 Å². The number of hydrogen-bond acceptors (Lipinski definition) is 2. The van der Waals surface area contributed by atoms with Gasteiger partial charge in [0.25, 0.3) is 0 Å². The van der Waals surface area contributed by atoms with Crippen LogP contribution in [0, 0.1) is 3.57 Å². The third-order valence-corrected chi connectivity index (χ3v) is 4.19. The zero-order valence-electron chi connectivity index (χ0n) is 10.1. The summed E-state index contributed by atoms with van der Waals surface area (Å²) in [6, 6.07) is 10.9. The lowest BCUT2D eigenvalue weighted by atomic mass is 10.0. The molecule has 1 aromatic heterocycles. The van der Waals surface area contributed by atoms with Crippen LogP contribution in [-0.4, -0.2) is 6.54 Å². The second kappa shape index (κ2) is 6.73. The van der Waals surface area contributed by atoms with E-state index in [9.17, 15) is 0 Å². The van der Waals surface area contributed by atoms with Crippen molar-refractivity contribution in [2.75, 3.05) is 6.54 Å². The molecule has 0 bridgehead atoms. The van der Waals surface area contributed by atoms with Crippen LogP contribution in [0.1, 0.15) is 24.1 Å². The van der Waals surface area contributed by atoms with Crippen LogP contribution in [0.3, 0.4) is 0 Å². The van der Waals surface area contributed by atoms with Gasteiger partial charge in [0.05, 0.1) is 6.26 Å². The van der Waals surface area contributed by atoms with E-state index in [4.69, 9.17) is 4.42 Å². The average Bonchev–Trinajstić information content (AvgIpc) is 2.78. The minimum absolute atomic E-state index is 0.281. The number of benzene rings is 1. The maximum atomic E-state index is 5.32. The molecule has 96 valence electrons. The summed E-state index contributed by atoms with van der Waals surface area (Å²) in [4.78, 5) is 0. The Morgan fingerprint density at radius 1 is 1.28 bits per heavy atom. The SMILES string of the molecule is CCNC(Cc1ccc(I)cc1)c1ccoc1Br. The molecule has 1 unspecified atom stereocenters. The highest BCUT2D eigenvalue weighted by atomic mass is 127. The molecule has 2 aromatic rings. The van der Waals surface area contributed by atoms with Gasteiger partial charge in [0, 0.05) is 15.2 Å². The number of likely N-dealkylation sites (N-methyl/N-ethyl adjacent to an activating group) is 1. The topological polar surface area (TPSA) is 25.2 Å². The standard InChI is InChI=1S/C14H15BrINO/c1-2-17-13(12-7-8-18-14(12)15)9-10-3-5-11(16)6-4-10/h3-8,13,17H,2,9H2,1H3. The lowest BCUT2D eigenvalue weighted by molar-refractivity contribution is 0.506. The van der Waals surface area contributed by atoms with Crippen molar-refractivity contribution >= 4 is 38.5 Å². The van der Waals surface area contributed by atoms with Crippen molar-refractivity contribution in [1.82, 2.24) is 5.32 Å². The molecule has 2 rings (SSSR count). The van der Waals surface area contributed by atoms with Crippen LogP contribution in [0.2, 0.25) is 0 Å². The summed E-state index contributed by atoms with van der Waals surface area (Å²) in [7, 11) is 0. The second-order valence-electron chi connectivity index (χ2n) is 4.09. The third-order valence-electron chi connectivity index (χ3n) is 2.83. The van der Waals surface area contributed by atoms with Crippen molar-refractivity contribution < 1.29 is 4.42 Å². The summed E-state index contributed by atoms with van der Waals surface area (Å²) >= 11 is 5.78. The van der Waals surface area contributed by atoms with Gasteiger partial charge in [-0.15, -0.1) is 0 Å². The number of halogens is 2. The summed E-state index contributed by atoms with van der Waals surface area (Å²) in [6.07, 6.45) is 2.68. The molecule has 0 aliphatic rings. The van der Waals surface area contributed by atoms with Crippen molar-refractivity contribution in [3.63, 3.8) is 0 Å². The fourth-order valence-electron chi connectivity index (χ4n) is 1.95. The molecule has 0 spiro atoms. The molecule has 1 atom stereocenters. The largest absolute Gasteiger partial charge is 0.457 e. The Morgan fingerprint density at radius 3 is 2.56 bits per heavy atom. The highest BCUT2D eigenvalue weighted by Crippen LogP contribution is 2.27. The first-order valence-electron chi connectivity index (χ1n) is 5.91. The monoisotopic (exact) mass is 419 g/mol. The fraction of sp³-hybridized carbons (Fsp3) is 0.286. The van der Waals surface area contributed by atoms with E-state index in [1.165, 1.54) is 14.7 Å². The molecular weight excluding hydrogens is 405 g/mol. The van der Waals surface area contributed by atoms with E-state index in [0.29, 0.717) is 0 Å². The first-order valence-corrected chi connectivity index (χ1v) is 7.78. The van der Waals surface area contributed by atoms with Gasteiger partial charge in [-0.1, -0.05) is 19.1 Å². The number of nitrogens with one attached hydrogen (secondary N) is 1. The van der Waals surface area contributed by atoms with Crippen LogP contribution in [-0.2, 0) is 6.42 Å². The van der Waals surface area contributed by atoms with E-state index in [1.807, 2.05) is 6.07 Å². The van der Waals surface area contributed by atoms with Crippen LogP contribution >= 0.6 is 38.5 Å². The quantitative estimate of drug-likeness (QED) is 0.719. The molecule has 0 saturated heterocycles. The molecule has 0 aliphatic carbocycles. The van der Waals surface area contributed by atoms with Crippen LogP contribution in [0.25, 0.3) is 0 Å². The summed E-state index contributed by atoms with van der Waals surface area (Å²) in [5.41, 5.74) is 2.50. The minimum Gasteiger partial charge on any atom is -0.457 e. The van der Waals surface area contributed by atoms with Gasteiger partial charge in [0.1, 0.15) is 0 Å². The first-order chi connectivity index (χ1) is 8.70. The Hall–Kier alpha value is -0.330. The molecule has 0 amide bonds. The maximum absolute atomic E-state index is 5.32. The van der Waals surface area contributed by atoms with Gasteiger partial charge >= 0.3 is 0 Å². The van der Waals surface area contributed by atoms with Crippen LogP contribution in [0.15, 0.2) is 45.7 Å². The number of hydrogen-bond donors (Lipinski definition) is 1. The lowest BCUT2D eigenvalue weighted by Gasteiger charge is -2.17. The van der Waals surface area contributed by atoms with Crippen molar-refractivity contribution in [2.45, 2.75) is 19.4 Å². The van der Waals surface area contributed by atoms with E-state index >= 15 is 0 Å². The maximum Gasteiger partial charge on any atom is 0.173 e. The molecule has 1 aromatic carbocycles. The van der Waals surface area contributed by atoms with Gasteiger partial charge in [-0.05, 0) is 75.2 Å². The zero-order valence-corrected chi connectivity index (χ0v) is 13.9. The second-order valence-corrected chi connectivity index (χ2v) is 6.06. The number of rotatable bonds is 5. The van der Waals surface area contributed by atoms with Crippen molar-refractivity contribution in [1.29, 1.82) is 0 Å². The molecule has 0 saturated carbocycles. The molecule has 1 N–H and O–H groups in total. The van der Waals surface area contributed by atoms with Crippen LogP contribution < -0.4 is 5.32 Å². The molecule has 4 heteroatoms. The van der Waals surface area contributed by atoms with Gasteiger partial charge in [0.15, 0.2) is 4.67 Å². The molecule has 0 aliphatic heterocycles.